The lowest BCUT2D eigenvalue weighted by Gasteiger charge is -2.15. The van der Waals surface area contributed by atoms with Crippen molar-refractivity contribution < 1.29 is 0 Å². The molecule has 0 aromatic heterocycles. The summed E-state index contributed by atoms with van der Waals surface area (Å²) in [5, 5.41) is 0. The van der Waals surface area contributed by atoms with Gasteiger partial charge in [0.25, 0.3) is 0 Å². The van der Waals surface area contributed by atoms with Gasteiger partial charge in [0, 0.05) is 0 Å². The molecule has 2 aromatic rings. The van der Waals surface area contributed by atoms with Crippen LogP contribution in [0.3, 0.4) is 0 Å². The molecule has 0 amide bonds. The van der Waals surface area contributed by atoms with Crippen LogP contribution in [0.25, 0.3) is 11.1 Å². The fourth-order valence-electron chi connectivity index (χ4n) is 2.29. The average Bonchev–Trinajstić information content (AvgIpc) is 2.38. The minimum atomic E-state index is 0.515. The maximum Gasteiger partial charge on any atom is -0.0108 e. The summed E-state index contributed by atoms with van der Waals surface area (Å²) in [4.78, 5) is 0. The first kappa shape index (κ1) is 13.9. The molecule has 0 aliphatic heterocycles. The van der Waals surface area contributed by atoms with Crippen molar-refractivity contribution in [2.45, 2.75) is 46.5 Å². The zero-order valence-corrected chi connectivity index (χ0v) is 12.6. The zero-order chi connectivity index (χ0) is 14.0. The highest BCUT2D eigenvalue weighted by Gasteiger charge is 2.10. The molecule has 0 bridgehead atoms. The van der Waals surface area contributed by atoms with Crippen LogP contribution in [0.2, 0.25) is 0 Å². The second-order valence-corrected chi connectivity index (χ2v) is 5.90. The molecule has 0 atom stereocenters. The van der Waals surface area contributed by atoms with Gasteiger partial charge in [-0.2, -0.15) is 0 Å². The van der Waals surface area contributed by atoms with Crippen LogP contribution in [0.1, 0.15) is 56.2 Å². The number of hydrogen-bond donors (Lipinski definition) is 0. The highest BCUT2D eigenvalue weighted by atomic mass is 14.1. The first-order chi connectivity index (χ1) is 8.99. The van der Waals surface area contributed by atoms with Gasteiger partial charge in [-0.15, -0.1) is 0 Å². The summed E-state index contributed by atoms with van der Waals surface area (Å²) in [7, 11) is 0. The second-order valence-electron chi connectivity index (χ2n) is 5.90. The van der Waals surface area contributed by atoms with Crippen LogP contribution in [0.4, 0.5) is 0 Å². The molecule has 19 heavy (non-hydrogen) atoms. The molecular formula is C19H23. The van der Waals surface area contributed by atoms with E-state index >= 15 is 0 Å². The van der Waals surface area contributed by atoms with Gasteiger partial charge in [-0.1, -0.05) is 64.1 Å². The zero-order valence-electron chi connectivity index (χ0n) is 12.6. The van der Waals surface area contributed by atoms with Crippen LogP contribution in [0, 0.1) is 13.0 Å². The van der Waals surface area contributed by atoms with Crippen molar-refractivity contribution >= 4 is 0 Å². The maximum atomic E-state index is 3.57. The molecule has 0 unspecified atom stereocenters. The molecule has 2 aromatic carbocycles. The van der Waals surface area contributed by atoms with Gasteiger partial charge in [0.15, 0.2) is 0 Å². The molecule has 0 nitrogen and oxygen atoms in total. The van der Waals surface area contributed by atoms with Crippen molar-refractivity contribution in [2.75, 3.05) is 0 Å². The molecule has 0 spiro atoms. The van der Waals surface area contributed by atoms with Gasteiger partial charge < -0.3 is 0 Å². The van der Waals surface area contributed by atoms with Gasteiger partial charge in [0.05, 0.1) is 0 Å². The first-order valence-electron chi connectivity index (χ1n) is 7.12. The summed E-state index contributed by atoms with van der Waals surface area (Å²) in [6, 6.07) is 16.8. The number of aryl methyl sites for hydroxylation is 1. The second kappa shape index (κ2) is 5.61. The van der Waals surface area contributed by atoms with E-state index in [0.717, 1.165) is 0 Å². The van der Waals surface area contributed by atoms with E-state index in [-0.39, 0.29) is 0 Å². The van der Waals surface area contributed by atoms with Gasteiger partial charge in [0.2, 0.25) is 0 Å². The molecule has 0 N–H and O–H groups in total. The largest absolute Gasteiger partial charge is 0.0620 e. The minimum Gasteiger partial charge on any atom is -0.0620 e. The highest BCUT2D eigenvalue weighted by molar-refractivity contribution is 5.68. The predicted octanol–water partition coefficient (Wildman–Crippen LogP) is 5.71. The van der Waals surface area contributed by atoms with E-state index in [2.05, 4.69) is 77.1 Å². The van der Waals surface area contributed by atoms with Crippen molar-refractivity contribution in [1.82, 2.24) is 0 Å². The summed E-state index contributed by atoms with van der Waals surface area (Å²) in [5.41, 5.74) is 6.61. The van der Waals surface area contributed by atoms with Gasteiger partial charge in [-0.05, 0) is 52.6 Å². The smallest absolute Gasteiger partial charge is 0.0108 e. The molecule has 1 radical (unpaired) electrons. The van der Waals surface area contributed by atoms with Crippen LogP contribution >= 0.6 is 0 Å². The molecule has 0 aliphatic carbocycles. The summed E-state index contributed by atoms with van der Waals surface area (Å²) in [6.45, 7) is 11.1. The third kappa shape index (κ3) is 3.07. The fourth-order valence-corrected chi connectivity index (χ4v) is 2.29. The number of rotatable bonds is 3. The van der Waals surface area contributed by atoms with E-state index in [1.54, 1.807) is 0 Å². The van der Waals surface area contributed by atoms with Gasteiger partial charge in [0.1, 0.15) is 0 Å². The summed E-state index contributed by atoms with van der Waals surface area (Å²) in [5.74, 6) is 1.03. The van der Waals surface area contributed by atoms with E-state index < -0.39 is 0 Å². The van der Waals surface area contributed by atoms with Crippen molar-refractivity contribution in [3.63, 3.8) is 0 Å². The van der Waals surface area contributed by atoms with Gasteiger partial charge >= 0.3 is 0 Å². The lowest BCUT2D eigenvalue weighted by Crippen LogP contribution is -1.96. The first-order valence-corrected chi connectivity index (χ1v) is 7.12. The maximum absolute atomic E-state index is 3.57. The van der Waals surface area contributed by atoms with Crippen LogP contribution < -0.4 is 0 Å². The lowest BCUT2D eigenvalue weighted by atomic mass is 9.90. The van der Waals surface area contributed by atoms with Crippen molar-refractivity contribution in [3.05, 3.63) is 59.2 Å². The van der Waals surface area contributed by atoms with Crippen molar-refractivity contribution in [3.8, 4) is 11.1 Å². The van der Waals surface area contributed by atoms with E-state index in [0.29, 0.717) is 11.8 Å². The Balaban J connectivity index is 2.60. The van der Waals surface area contributed by atoms with Crippen LogP contribution in [0.15, 0.2) is 36.4 Å². The number of hydrogen-bond acceptors (Lipinski definition) is 0. The Morgan fingerprint density at radius 1 is 0.842 bits per heavy atom. The molecule has 0 heteroatoms. The van der Waals surface area contributed by atoms with Crippen LogP contribution in [0.5, 0.6) is 0 Å². The Kier molecular flexibility index (Phi) is 4.09. The normalized spacial score (nSPS) is 11.3. The standard InChI is InChI=1S/C19H23/c1-13(2)16-10-17(14(3)4)12-18(11-16)19-9-7-6-8-15(19)5/h6-9,11-14H,1-5H3. The summed E-state index contributed by atoms with van der Waals surface area (Å²) < 4.78 is 0. The van der Waals surface area contributed by atoms with E-state index in [1.165, 1.54) is 27.8 Å². The molecule has 0 heterocycles. The van der Waals surface area contributed by atoms with Crippen LogP contribution in [-0.4, -0.2) is 0 Å². The van der Waals surface area contributed by atoms with Crippen LogP contribution in [-0.2, 0) is 0 Å². The summed E-state index contributed by atoms with van der Waals surface area (Å²) >= 11 is 0. The van der Waals surface area contributed by atoms with Gasteiger partial charge in [-0.3, -0.25) is 0 Å². The van der Waals surface area contributed by atoms with E-state index in [4.69, 9.17) is 0 Å². The Bertz CT molecular complexity index is 536. The molecule has 0 saturated carbocycles. The van der Waals surface area contributed by atoms with E-state index in [1.807, 2.05) is 0 Å². The SMILES string of the molecule is Cc1ccccc1-c1cc(C(C)C)[c]c(C(C)C)c1. The van der Waals surface area contributed by atoms with E-state index in [9.17, 15) is 0 Å². The van der Waals surface area contributed by atoms with Crippen molar-refractivity contribution in [2.24, 2.45) is 0 Å². The fraction of sp³-hybridized carbons (Fsp3) is 0.368. The average molecular weight is 251 g/mol. The molecule has 0 aliphatic rings. The minimum absolute atomic E-state index is 0.515. The Hall–Kier alpha value is -1.56. The number of benzene rings is 2. The predicted molar refractivity (Wildman–Crippen MR) is 83.6 cm³/mol. The third-order valence-corrected chi connectivity index (χ3v) is 3.61. The highest BCUT2D eigenvalue weighted by Crippen LogP contribution is 2.30. The monoisotopic (exact) mass is 251 g/mol. The molecule has 99 valence electrons. The molecule has 2 rings (SSSR count). The third-order valence-electron chi connectivity index (χ3n) is 3.61. The molecule has 0 saturated heterocycles. The lowest BCUT2D eigenvalue weighted by molar-refractivity contribution is 0.831. The molecule has 0 fully saturated rings. The Morgan fingerprint density at radius 3 is 1.84 bits per heavy atom. The Morgan fingerprint density at radius 2 is 1.37 bits per heavy atom. The quantitative estimate of drug-likeness (QED) is 0.655. The van der Waals surface area contributed by atoms with Crippen molar-refractivity contribution in [1.29, 1.82) is 0 Å². The molecular weight excluding hydrogens is 228 g/mol. The Labute approximate surface area is 117 Å². The summed E-state index contributed by atoms with van der Waals surface area (Å²) in [6.07, 6.45) is 0. The van der Waals surface area contributed by atoms with Gasteiger partial charge in [-0.25, -0.2) is 0 Å². The topological polar surface area (TPSA) is 0 Å².